The van der Waals surface area contributed by atoms with E-state index in [9.17, 15) is 21.6 Å². The number of rotatable bonds is 3. The first kappa shape index (κ1) is 17.5. The standard InChI is InChI=1S/C17H15F3N2O2S/c1-11(2)12-3-5-13(6-4-12)25(23,24)22-10-9-14-15(22)7-8-16(21-14)17(18,19)20/h3-11H,1-2H3. The Morgan fingerprint density at radius 2 is 1.64 bits per heavy atom. The first-order chi connectivity index (χ1) is 11.6. The van der Waals surface area contributed by atoms with Gasteiger partial charge in [-0.1, -0.05) is 26.0 Å². The van der Waals surface area contributed by atoms with Gasteiger partial charge in [0.15, 0.2) is 0 Å². The van der Waals surface area contributed by atoms with Gasteiger partial charge in [-0.3, -0.25) is 0 Å². The monoisotopic (exact) mass is 368 g/mol. The highest BCUT2D eigenvalue weighted by molar-refractivity contribution is 7.90. The molecule has 0 atom stereocenters. The van der Waals surface area contributed by atoms with E-state index in [1.165, 1.54) is 24.4 Å². The van der Waals surface area contributed by atoms with Crippen molar-refractivity contribution in [1.82, 2.24) is 8.96 Å². The zero-order valence-electron chi connectivity index (χ0n) is 13.4. The van der Waals surface area contributed by atoms with Crippen LogP contribution in [0, 0.1) is 0 Å². The van der Waals surface area contributed by atoms with E-state index in [0.29, 0.717) is 0 Å². The largest absolute Gasteiger partial charge is 0.433 e. The molecule has 0 aliphatic heterocycles. The fraction of sp³-hybridized carbons (Fsp3) is 0.235. The van der Waals surface area contributed by atoms with E-state index >= 15 is 0 Å². The lowest BCUT2D eigenvalue weighted by atomic mass is 10.0. The Labute approximate surface area is 143 Å². The molecule has 0 radical (unpaired) electrons. The van der Waals surface area contributed by atoms with Crippen molar-refractivity contribution in [3.63, 3.8) is 0 Å². The van der Waals surface area contributed by atoms with Gasteiger partial charge >= 0.3 is 6.18 Å². The molecule has 8 heteroatoms. The molecular weight excluding hydrogens is 353 g/mol. The van der Waals surface area contributed by atoms with Crippen LogP contribution in [0.3, 0.4) is 0 Å². The summed E-state index contributed by atoms with van der Waals surface area (Å²) in [7, 11) is -3.92. The molecule has 0 fully saturated rings. The number of halogens is 3. The van der Waals surface area contributed by atoms with Crippen molar-refractivity contribution < 1.29 is 21.6 Å². The van der Waals surface area contributed by atoms with E-state index in [2.05, 4.69) is 4.98 Å². The Morgan fingerprint density at radius 3 is 2.20 bits per heavy atom. The molecule has 3 rings (SSSR count). The summed E-state index contributed by atoms with van der Waals surface area (Å²) in [6.45, 7) is 3.99. The molecule has 0 aliphatic rings. The van der Waals surface area contributed by atoms with Crippen LogP contribution >= 0.6 is 0 Å². The fourth-order valence-corrected chi connectivity index (χ4v) is 3.84. The molecule has 0 spiro atoms. The van der Waals surface area contributed by atoms with Crippen molar-refractivity contribution in [2.24, 2.45) is 0 Å². The number of pyridine rings is 1. The summed E-state index contributed by atoms with van der Waals surface area (Å²) >= 11 is 0. The van der Waals surface area contributed by atoms with Gasteiger partial charge in [0, 0.05) is 6.20 Å². The predicted octanol–water partition coefficient (Wildman–Crippen LogP) is 4.42. The van der Waals surface area contributed by atoms with Crippen molar-refractivity contribution >= 4 is 21.1 Å². The second-order valence-corrected chi connectivity index (χ2v) is 7.75. The minimum Gasteiger partial charge on any atom is -0.242 e. The van der Waals surface area contributed by atoms with Gasteiger partial charge in [-0.2, -0.15) is 13.2 Å². The van der Waals surface area contributed by atoms with Crippen molar-refractivity contribution in [3.05, 3.63) is 59.9 Å². The van der Waals surface area contributed by atoms with Crippen LogP contribution < -0.4 is 0 Å². The van der Waals surface area contributed by atoms with Gasteiger partial charge in [-0.15, -0.1) is 0 Å². The van der Waals surface area contributed by atoms with E-state index in [-0.39, 0.29) is 21.8 Å². The maximum absolute atomic E-state index is 12.8. The molecule has 0 aliphatic carbocycles. The smallest absolute Gasteiger partial charge is 0.242 e. The second kappa shape index (κ2) is 5.87. The molecule has 3 aromatic rings. The Morgan fingerprint density at radius 1 is 1.00 bits per heavy atom. The summed E-state index contributed by atoms with van der Waals surface area (Å²) in [5.41, 5.74) is 0.00220. The summed E-state index contributed by atoms with van der Waals surface area (Å²) in [6.07, 6.45) is -3.37. The lowest BCUT2D eigenvalue weighted by Crippen LogP contribution is -2.12. The molecule has 0 N–H and O–H groups in total. The van der Waals surface area contributed by atoms with E-state index in [0.717, 1.165) is 21.7 Å². The highest BCUT2D eigenvalue weighted by atomic mass is 32.2. The molecule has 0 saturated carbocycles. The molecule has 0 saturated heterocycles. The van der Waals surface area contributed by atoms with Gasteiger partial charge in [-0.25, -0.2) is 17.4 Å². The van der Waals surface area contributed by atoms with Gasteiger partial charge in [0.25, 0.3) is 10.0 Å². The average Bonchev–Trinajstić information content (AvgIpc) is 2.98. The molecule has 0 unspecified atom stereocenters. The lowest BCUT2D eigenvalue weighted by molar-refractivity contribution is -0.140. The number of hydrogen-bond acceptors (Lipinski definition) is 3. The molecule has 25 heavy (non-hydrogen) atoms. The third kappa shape index (κ3) is 3.13. The summed E-state index contributed by atoms with van der Waals surface area (Å²) < 4.78 is 64.7. The molecule has 1 aromatic carbocycles. The molecule has 0 bridgehead atoms. The number of benzene rings is 1. The Hall–Kier alpha value is -2.35. The van der Waals surface area contributed by atoms with E-state index in [1.807, 2.05) is 13.8 Å². The van der Waals surface area contributed by atoms with Crippen LogP contribution in [0.25, 0.3) is 11.0 Å². The normalized spacial score (nSPS) is 12.9. The quantitative estimate of drug-likeness (QED) is 0.688. The number of aromatic nitrogens is 2. The minimum absolute atomic E-state index is 0.0304. The number of fused-ring (bicyclic) bond motifs is 1. The average molecular weight is 368 g/mol. The molecular formula is C17H15F3N2O2S. The number of hydrogen-bond donors (Lipinski definition) is 0. The summed E-state index contributed by atoms with van der Waals surface area (Å²) in [5, 5.41) is 0. The Bertz CT molecular complexity index is 1020. The van der Waals surface area contributed by atoms with Crippen LogP contribution in [0.4, 0.5) is 13.2 Å². The number of nitrogens with zero attached hydrogens (tertiary/aromatic N) is 2. The minimum atomic E-state index is -4.58. The fourth-order valence-electron chi connectivity index (χ4n) is 2.50. The zero-order valence-corrected chi connectivity index (χ0v) is 14.3. The molecule has 2 aromatic heterocycles. The van der Waals surface area contributed by atoms with Crippen LogP contribution in [0.1, 0.15) is 31.0 Å². The van der Waals surface area contributed by atoms with Crippen molar-refractivity contribution in [3.8, 4) is 0 Å². The van der Waals surface area contributed by atoms with Crippen LogP contribution in [-0.4, -0.2) is 17.4 Å². The first-order valence-corrected chi connectivity index (χ1v) is 8.95. The Balaban J connectivity index is 2.08. The molecule has 2 heterocycles. The SMILES string of the molecule is CC(C)c1ccc(S(=O)(=O)n2ccc3nc(C(F)(F)F)ccc32)cc1. The third-order valence-corrected chi connectivity index (χ3v) is 5.61. The second-order valence-electron chi connectivity index (χ2n) is 5.94. The van der Waals surface area contributed by atoms with Gasteiger partial charge in [0.1, 0.15) is 5.69 Å². The third-order valence-electron chi connectivity index (χ3n) is 3.90. The van der Waals surface area contributed by atoms with Crippen LogP contribution in [-0.2, 0) is 16.2 Å². The van der Waals surface area contributed by atoms with Gasteiger partial charge in [-0.05, 0) is 41.8 Å². The van der Waals surface area contributed by atoms with Crippen LogP contribution in [0.2, 0.25) is 0 Å². The highest BCUT2D eigenvalue weighted by Gasteiger charge is 2.33. The van der Waals surface area contributed by atoms with E-state index in [4.69, 9.17) is 0 Å². The summed E-state index contributed by atoms with van der Waals surface area (Å²) in [6, 6.07) is 9.58. The van der Waals surface area contributed by atoms with E-state index in [1.54, 1.807) is 12.1 Å². The first-order valence-electron chi connectivity index (χ1n) is 7.51. The van der Waals surface area contributed by atoms with Crippen LogP contribution in [0.5, 0.6) is 0 Å². The maximum atomic E-state index is 12.8. The topological polar surface area (TPSA) is 52.0 Å². The van der Waals surface area contributed by atoms with Crippen molar-refractivity contribution in [2.75, 3.05) is 0 Å². The van der Waals surface area contributed by atoms with Gasteiger partial charge < -0.3 is 0 Å². The zero-order chi connectivity index (χ0) is 18.4. The van der Waals surface area contributed by atoms with Crippen molar-refractivity contribution in [2.45, 2.75) is 30.8 Å². The van der Waals surface area contributed by atoms with Gasteiger partial charge in [0.2, 0.25) is 0 Å². The van der Waals surface area contributed by atoms with Crippen molar-refractivity contribution in [1.29, 1.82) is 0 Å². The predicted molar refractivity (Wildman–Crippen MR) is 87.8 cm³/mol. The van der Waals surface area contributed by atoms with Gasteiger partial charge in [0.05, 0.1) is 15.9 Å². The van der Waals surface area contributed by atoms with Crippen LogP contribution in [0.15, 0.2) is 53.6 Å². The lowest BCUT2D eigenvalue weighted by Gasteiger charge is -2.10. The maximum Gasteiger partial charge on any atom is 0.433 e. The Kier molecular flexibility index (Phi) is 4.10. The summed E-state index contributed by atoms with van der Waals surface area (Å²) in [4.78, 5) is 3.57. The number of alkyl halides is 3. The molecule has 4 nitrogen and oxygen atoms in total. The van der Waals surface area contributed by atoms with E-state index < -0.39 is 21.9 Å². The molecule has 132 valence electrons. The summed E-state index contributed by atoms with van der Waals surface area (Å²) in [5.74, 6) is 0.258. The molecule has 0 amide bonds. The highest BCUT2D eigenvalue weighted by Crippen LogP contribution is 2.30.